The van der Waals surface area contributed by atoms with E-state index in [0.29, 0.717) is 11.1 Å². The fraction of sp³-hybridized carbons (Fsp3) is 0.100. The maximum Gasteiger partial charge on any atom is 0.167 e. The Morgan fingerprint density at radius 2 is 1.00 bits per heavy atom. The molecule has 0 N–H and O–H groups in total. The molecule has 0 unspecified atom stereocenters. The lowest BCUT2D eigenvalue weighted by molar-refractivity contribution is 0.503. The van der Waals surface area contributed by atoms with Gasteiger partial charge in [-0.3, -0.25) is 0 Å². The number of fused-ring (bicyclic) bond motifs is 4. The fourth-order valence-corrected chi connectivity index (χ4v) is 3.25. The van der Waals surface area contributed by atoms with Gasteiger partial charge in [0.2, 0.25) is 0 Å². The first-order valence-electron chi connectivity index (χ1n) is 7.59. The minimum absolute atomic E-state index is 0.0968. The van der Waals surface area contributed by atoms with Gasteiger partial charge in [0, 0.05) is 22.3 Å². The van der Waals surface area contributed by atoms with Crippen LogP contribution in [0.2, 0.25) is 0 Å². The molecule has 3 aromatic rings. The summed E-state index contributed by atoms with van der Waals surface area (Å²) in [6.07, 6.45) is 0. The Labute approximate surface area is 140 Å². The number of benzene rings is 3. The summed E-state index contributed by atoms with van der Waals surface area (Å²) in [5.74, 6) is -5.30. The average Bonchev–Trinajstić information content (AvgIpc) is 2.57. The molecule has 0 amide bonds. The molecule has 25 heavy (non-hydrogen) atoms. The second-order valence-corrected chi connectivity index (χ2v) is 6.15. The van der Waals surface area contributed by atoms with E-state index in [1.165, 1.54) is 44.2 Å². The molecule has 0 heterocycles. The van der Waals surface area contributed by atoms with Gasteiger partial charge in [0.05, 0.1) is 0 Å². The fourth-order valence-electron chi connectivity index (χ4n) is 3.25. The van der Waals surface area contributed by atoms with Gasteiger partial charge in [-0.2, -0.15) is 0 Å². The molecule has 0 saturated carbocycles. The summed E-state index contributed by atoms with van der Waals surface area (Å²) in [5, 5.41) is 0. The highest BCUT2D eigenvalue weighted by Gasteiger charge is 2.33. The lowest BCUT2D eigenvalue weighted by Gasteiger charge is -2.27. The Bertz CT molecular complexity index is 1040. The van der Waals surface area contributed by atoms with Crippen LogP contribution in [0, 0.1) is 42.9 Å². The first-order valence-corrected chi connectivity index (χ1v) is 7.59. The zero-order chi connectivity index (χ0) is 18.0. The minimum atomic E-state index is -1.17. The molecule has 0 saturated heterocycles. The van der Waals surface area contributed by atoms with Gasteiger partial charge in [-0.15, -0.1) is 0 Å². The lowest BCUT2D eigenvalue weighted by atomic mass is 9.77. The molecule has 0 aromatic heterocycles. The van der Waals surface area contributed by atoms with Crippen molar-refractivity contribution in [2.75, 3.05) is 0 Å². The zero-order valence-corrected chi connectivity index (χ0v) is 13.3. The van der Waals surface area contributed by atoms with Gasteiger partial charge >= 0.3 is 0 Å². The Hall–Kier alpha value is -2.69. The van der Waals surface area contributed by atoms with Crippen molar-refractivity contribution in [3.05, 3.63) is 70.5 Å². The third kappa shape index (κ3) is 1.98. The minimum Gasteiger partial charge on any atom is -0.206 e. The summed E-state index contributed by atoms with van der Waals surface area (Å²) in [4.78, 5) is 0. The molecule has 0 fully saturated rings. The van der Waals surface area contributed by atoms with E-state index in [-0.39, 0.29) is 33.4 Å². The standard InChI is InChI=1S/C20H11F5/c1-8-3-4-12(19(24)16(8)21)11-6-5-10-13-7-9(2)17(22)20(25)15(13)14(10)18(11)23/h3-7H,1-2H3. The molecule has 0 aliphatic heterocycles. The van der Waals surface area contributed by atoms with Crippen LogP contribution in [0.25, 0.3) is 33.4 Å². The molecule has 126 valence electrons. The Kier molecular flexibility index (Phi) is 3.26. The van der Waals surface area contributed by atoms with Crippen LogP contribution in [0.15, 0.2) is 30.3 Å². The van der Waals surface area contributed by atoms with Gasteiger partial charge in [0.15, 0.2) is 23.3 Å². The number of aryl methyl sites for hydroxylation is 2. The summed E-state index contributed by atoms with van der Waals surface area (Å²) in [6.45, 7) is 2.82. The van der Waals surface area contributed by atoms with E-state index < -0.39 is 29.1 Å². The van der Waals surface area contributed by atoms with Gasteiger partial charge in [-0.05, 0) is 42.2 Å². The largest absolute Gasteiger partial charge is 0.206 e. The van der Waals surface area contributed by atoms with Crippen molar-refractivity contribution in [2.24, 2.45) is 0 Å². The molecule has 0 spiro atoms. The predicted octanol–water partition coefficient (Wildman–Crippen LogP) is 6.31. The van der Waals surface area contributed by atoms with Crippen LogP contribution < -0.4 is 0 Å². The molecule has 0 bridgehead atoms. The van der Waals surface area contributed by atoms with Crippen molar-refractivity contribution in [3.8, 4) is 33.4 Å². The van der Waals surface area contributed by atoms with Crippen LogP contribution in [-0.4, -0.2) is 0 Å². The molecular weight excluding hydrogens is 335 g/mol. The van der Waals surface area contributed by atoms with Crippen molar-refractivity contribution in [2.45, 2.75) is 13.8 Å². The lowest BCUT2D eigenvalue weighted by Crippen LogP contribution is -2.09. The quantitative estimate of drug-likeness (QED) is 0.354. The SMILES string of the molecule is Cc1ccc(-c2ccc3c(c2F)-c2c-3cc(C)c(F)c2F)c(F)c1F. The van der Waals surface area contributed by atoms with Crippen molar-refractivity contribution in [1.82, 2.24) is 0 Å². The van der Waals surface area contributed by atoms with E-state index in [1.807, 2.05) is 0 Å². The highest BCUT2D eigenvalue weighted by Crippen LogP contribution is 2.52. The number of hydrogen-bond acceptors (Lipinski definition) is 0. The molecule has 0 nitrogen and oxygen atoms in total. The van der Waals surface area contributed by atoms with Crippen LogP contribution in [0.4, 0.5) is 22.0 Å². The predicted molar refractivity (Wildman–Crippen MR) is 85.6 cm³/mol. The van der Waals surface area contributed by atoms with E-state index in [9.17, 15) is 22.0 Å². The van der Waals surface area contributed by atoms with E-state index in [1.54, 1.807) is 0 Å². The third-order valence-corrected chi connectivity index (χ3v) is 4.64. The first kappa shape index (κ1) is 15.8. The Morgan fingerprint density at radius 1 is 0.480 bits per heavy atom. The van der Waals surface area contributed by atoms with Gasteiger partial charge in [-0.1, -0.05) is 24.3 Å². The summed E-state index contributed by atoms with van der Waals surface area (Å²) in [7, 11) is 0. The first-order chi connectivity index (χ1) is 11.8. The monoisotopic (exact) mass is 346 g/mol. The van der Waals surface area contributed by atoms with Crippen LogP contribution in [-0.2, 0) is 0 Å². The Morgan fingerprint density at radius 3 is 1.72 bits per heavy atom. The van der Waals surface area contributed by atoms with Gasteiger partial charge < -0.3 is 0 Å². The topological polar surface area (TPSA) is 0 Å². The van der Waals surface area contributed by atoms with Crippen LogP contribution in [0.5, 0.6) is 0 Å². The zero-order valence-electron chi connectivity index (χ0n) is 13.3. The summed E-state index contributed by atoms with van der Waals surface area (Å²) in [5.41, 5.74) is 0.331. The van der Waals surface area contributed by atoms with E-state index in [0.717, 1.165) is 0 Å². The third-order valence-electron chi connectivity index (χ3n) is 4.64. The van der Waals surface area contributed by atoms with Gasteiger partial charge in [0.1, 0.15) is 5.82 Å². The Balaban J connectivity index is 1.96. The number of rotatable bonds is 1. The molecule has 5 heteroatoms. The van der Waals surface area contributed by atoms with E-state index in [2.05, 4.69) is 0 Å². The second-order valence-electron chi connectivity index (χ2n) is 6.15. The van der Waals surface area contributed by atoms with Crippen LogP contribution in [0.3, 0.4) is 0 Å². The molecule has 0 atom stereocenters. The van der Waals surface area contributed by atoms with Crippen molar-refractivity contribution < 1.29 is 22.0 Å². The summed E-state index contributed by atoms with van der Waals surface area (Å²) < 4.78 is 70.9. The molecule has 0 radical (unpaired) electrons. The smallest absolute Gasteiger partial charge is 0.167 e. The van der Waals surface area contributed by atoms with Crippen molar-refractivity contribution >= 4 is 0 Å². The molecule has 3 aromatic carbocycles. The number of halogens is 5. The van der Waals surface area contributed by atoms with E-state index >= 15 is 0 Å². The van der Waals surface area contributed by atoms with Crippen molar-refractivity contribution in [1.29, 1.82) is 0 Å². The average molecular weight is 346 g/mol. The molecule has 1 aliphatic rings. The van der Waals surface area contributed by atoms with Crippen LogP contribution in [0.1, 0.15) is 11.1 Å². The second kappa shape index (κ2) is 5.15. The molecule has 4 rings (SSSR count). The highest BCUT2D eigenvalue weighted by atomic mass is 19.2. The summed E-state index contributed by atoms with van der Waals surface area (Å²) >= 11 is 0. The van der Waals surface area contributed by atoms with Crippen molar-refractivity contribution in [3.63, 3.8) is 0 Å². The van der Waals surface area contributed by atoms with Gasteiger partial charge in [-0.25, -0.2) is 22.0 Å². The van der Waals surface area contributed by atoms with Crippen LogP contribution >= 0.6 is 0 Å². The maximum atomic E-state index is 14.9. The highest BCUT2D eigenvalue weighted by molar-refractivity contribution is 6.04. The number of hydrogen-bond donors (Lipinski definition) is 0. The molecule has 1 aliphatic carbocycles. The van der Waals surface area contributed by atoms with Gasteiger partial charge in [0.25, 0.3) is 0 Å². The molecular formula is C20H11F5. The maximum absolute atomic E-state index is 14.9. The summed E-state index contributed by atoms with van der Waals surface area (Å²) in [6, 6.07) is 6.88. The normalized spacial score (nSPS) is 11.8. The van der Waals surface area contributed by atoms with E-state index in [4.69, 9.17) is 0 Å².